The molecule has 0 atom stereocenters. The van der Waals surface area contributed by atoms with Gasteiger partial charge in [-0.05, 0) is 18.7 Å². The first-order chi connectivity index (χ1) is 9.90. The first kappa shape index (κ1) is 15.4. The number of hydrogen-bond acceptors (Lipinski definition) is 5. The lowest BCUT2D eigenvalue weighted by Gasteiger charge is -2.07. The van der Waals surface area contributed by atoms with Crippen LogP contribution in [-0.4, -0.2) is 22.4 Å². The van der Waals surface area contributed by atoms with Crippen LogP contribution in [0.15, 0.2) is 23.7 Å². The minimum Gasteiger partial charge on any atom is -0.330 e. The van der Waals surface area contributed by atoms with Gasteiger partial charge in [0.25, 0.3) is 5.91 Å². The van der Waals surface area contributed by atoms with E-state index < -0.39 is 17.8 Å². The zero-order valence-electron chi connectivity index (χ0n) is 10.6. The van der Waals surface area contributed by atoms with E-state index in [1.807, 2.05) is 0 Å². The summed E-state index contributed by atoms with van der Waals surface area (Å²) in [4.78, 5) is 19.2. The molecule has 0 aliphatic heterocycles. The Balaban J connectivity index is 2.05. The van der Waals surface area contributed by atoms with E-state index in [0.29, 0.717) is 13.0 Å². The number of rotatable bonds is 4. The molecule has 2 aromatic heterocycles. The molecule has 5 nitrogen and oxygen atoms in total. The van der Waals surface area contributed by atoms with Gasteiger partial charge < -0.3 is 11.1 Å². The Bertz CT molecular complexity index is 624. The van der Waals surface area contributed by atoms with Crippen molar-refractivity contribution in [3.63, 3.8) is 0 Å². The van der Waals surface area contributed by atoms with E-state index >= 15 is 0 Å². The van der Waals surface area contributed by atoms with E-state index in [4.69, 9.17) is 5.73 Å². The van der Waals surface area contributed by atoms with Gasteiger partial charge in [-0.3, -0.25) is 4.79 Å². The standard InChI is InChI=1S/C12H11F3N4OS/c13-12(14,15)9-2-1-7(5-17-9)18-11(20)8-6-21-10(19-8)3-4-16/h1-2,5-6H,3-4,16H2,(H,18,20). The van der Waals surface area contributed by atoms with Gasteiger partial charge in [-0.25, -0.2) is 9.97 Å². The Morgan fingerprint density at radius 1 is 1.38 bits per heavy atom. The molecule has 2 heterocycles. The summed E-state index contributed by atoms with van der Waals surface area (Å²) in [6, 6.07) is 1.94. The molecule has 2 rings (SSSR count). The van der Waals surface area contributed by atoms with Crippen molar-refractivity contribution in [2.45, 2.75) is 12.6 Å². The Hall–Kier alpha value is -2.00. The van der Waals surface area contributed by atoms with Gasteiger partial charge in [-0.1, -0.05) is 0 Å². The summed E-state index contributed by atoms with van der Waals surface area (Å²) >= 11 is 1.30. The number of thiazole rings is 1. The molecule has 0 bridgehead atoms. The number of nitrogens with zero attached hydrogens (tertiary/aromatic N) is 2. The summed E-state index contributed by atoms with van der Waals surface area (Å²) in [7, 11) is 0. The van der Waals surface area contributed by atoms with Crippen molar-refractivity contribution < 1.29 is 18.0 Å². The first-order valence-electron chi connectivity index (χ1n) is 5.89. The van der Waals surface area contributed by atoms with Crippen molar-refractivity contribution in [1.82, 2.24) is 9.97 Å². The van der Waals surface area contributed by atoms with Crippen molar-refractivity contribution in [3.8, 4) is 0 Å². The fourth-order valence-corrected chi connectivity index (χ4v) is 2.28. The van der Waals surface area contributed by atoms with Crippen LogP contribution in [0.3, 0.4) is 0 Å². The van der Waals surface area contributed by atoms with Gasteiger partial charge in [0.15, 0.2) is 0 Å². The third-order valence-corrected chi connectivity index (χ3v) is 3.36. The minimum atomic E-state index is -4.51. The Labute approximate surface area is 122 Å². The minimum absolute atomic E-state index is 0.168. The van der Waals surface area contributed by atoms with Gasteiger partial charge in [0.1, 0.15) is 11.4 Å². The molecule has 2 aromatic rings. The van der Waals surface area contributed by atoms with Crippen LogP contribution in [-0.2, 0) is 12.6 Å². The number of aromatic nitrogens is 2. The van der Waals surface area contributed by atoms with E-state index in [-0.39, 0.29) is 11.4 Å². The summed E-state index contributed by atoms with van der Waals surface area (Å²) in [5.41, 5.74) is 4.74. The summed E-state index contributed by atoms with van der Waals surface area (Å²) in [6.45, 7) is 0.428. The zero-order chi connectivity index (χ0) is 15.5. The predicted molar refractivity (Wildman–Crippen MR) is 72.1 cm³/mol. The van der Waals surface area contributed by atoms with E-state index in [2.05, 4.69) is 15.3 Å². The highest BCUT2D eigenvalue weighted by Crippen LogP contribution is 2.27. The molecular weight excluding hydrogens is 305 g/mol. The molecule has 1 amide bonds. The van der Waals surface area contributed by atoms with Crippen LogP contribution >= 0.6 is 11.3 Å². The van der Waals surface area contributed by atoms with Gasteiger partial charge in [-0.2, -0.15) is 13.2 Å². The summed E-state index contributed by atoms with van der Waals surface area (Å²) < 4.78 is 37.1. The van der Waals surface area contributed by atoms with Crippen LogP contribution in [0.1, 0.15) is 21.2 Å². The topological polar surface area (TPSA) is 80.9 Å². The van der Waals surface area contributed by atoms with E-state index in [1.165, 1.54) is 11.3 Å². The molecule has 0 aliphatic rings. The maximum Gasteiger partial charge on any atom is 0.433 e. The van der Waals surface area contributed by atoms with Gasteiger partial charge >= 0.3 is 6.18 Å². The quantitative estimate of drug-likeness (QED) is 0.907. The molecule has 0 spiro atoms. The normalized spacial score (nSPS) is 11.4. The van der Waals surface area contributed by atoms with Crippen LogP contribution in [0.2, 0.25) is 0 Å². The van der Waals surface area contributed by atoms with Crippen LogP contribution < -0.4 is 11.1 Å². The van der Waals surface area contributed by atoms with E-state index in [9.17, 15) is 18.0 Å². The van der Waals surface area contributed by atoms with Gasteiger partial charge in [0.2, 0.25) is 0 Å². The lowest BCUT2D eigenvalue weighted by Crippen LogP contribution is -2.14. The number of hydrogen-bond donors (Lipinski definition) is 2. The molecule has 3 N–H and O–H groups in total. The molecule has 0 fully saturated rings. The van der Waals surface area contributed by atoms with Crippen LogP contribution in [0.4, 0.5) is 18.9 Å². The number of amides is 1. The highest BCUT2D eigenvalue weighted by molar-refractivity contribution is 7.09. The second-order valence-electron chi connectivity index (χ2n) is 4.05. The summed E-state index contributed by atoms with van der Waals surface area (Å²) in [5, 5.41) is 4.73. The fraction of sp³-hybridized carbons (Fsp3) is 0.250. The molecule has 0 aliphatic carbocycles. The maximum atomic E-state index is 12.4. The van der Waals surface area contributed by atoms with Crippen LogP contribution in [0, 0.1) is 0 Å². The maximum absolute atomic E-state index is 12.4. The molecule has 21 heavy (non-hydrogen) atoms. The predicted octanol–water partition coefficient (Wildman–Crippen LogP) is 2.31. The molecule has 0 saturated carbocycles. The van der Waals surface area contributed by atoms with Crippen LogP contribution in [0.5, 0.6) is 0 Å². The van der Waals surface area contributed by atoms with Crippen molar-refractivity contribution in [2.75, 3.05) is 11.9 Å². The molecule has 9 heteroatoms. The van der Waals surface area contributed by atoms with E-state index in [1.54, 1.807) is 5.38 Å². The third-order valence-electron chi connectivity index (χ3n) is 2.45. The number of nitrogens with two attached hydrogens (primary N) is 1. The molecular formula is C12H11F3N4OS. The lowest BCUT2D eigenvalue weighted by atomic mass is 10.3. The largest absolute Gasteiger partial charge is 0.433 e. The van der Waals surface area contributed by atoms with Crippen molar-refractivity contribution in [1.29, 1.82) is 0 Å². The molecule has 0 saturated heterocycles. The second kappa shape index (κ2) is 6.19. The monoisotopic (exact) mass is 316 g/mol. The average molecular weight is 316 g/mol. The van der Waals surface area contributed by atoms with Crippen molar-refractivity contribution >= 4 is 22.9 Å². The Morgan fingerprint density at radius 2 is 2.14 bits per heavy atom. The van der Waals surface area contributed by atoms with E-state index in [0.717, 1.165) is 23.3 Å². The molecule has 0 aromatic carbocycles. The Kier molecular flexibility index (Phi) is 4.53. The lowest BCUT2D eigenvalue weighted by molar-refractivity contribution is -0.141. The Morgan fingerprint density at radius 3 is 2.71 bits per heavy atom. The van der Waals surface area contributed by atoms with Gasteiger partial charge in [0, 0.05) is 11.8 Å². The van der Waals surface area contributed by atoms with Crippen molar-refractivity contribution in [2.24, 2.45) is 5.73 Å². The summed E-state index contributed by atoms with van der Waals surface area (Å²) in [6.07, 6.45) is -2.98. The smallest absolute Gasteiger partial charge is 0.330 e. The van der Waals surface area contributed by atoms with Gasteiger partial charge in [-0.15, -0.1) is 11.3 Å². The number of pyridine rings is 1. The number of alkyl halides is 3. The number of nitrogens with one attached hydrogen (secondary N) is 1. The summed E-state index contributed by atoms with van der Waals surface area (Å²) in [5.74, 6) is -0.504. The highest BCUT2D eigenvalue weighted by atomic mass is 32.1. The van der Waals surface area contributed by atoms with Gasteiger partial charge in [0.05, 0.1) is 16.9 Å². The second-order valence-corrected chi connectivity index (χ2v) is 4.99. The highest BCUT2D eigenvalue weighted by Gasteiger charge is 2.32. The first-order valence-corrected chi connectivity index (χ1v) is 6.77. The molecule has 112 valence electrons. The zero-order valence-corrected chi connectivity index (χ0v) is 11.5. The fourth-order valence-electron chi connectivity index (χ4n) is 1.48. The number of halogens is 3. The SMILES string of the molecule is NCCc1nc(C(=O)Nc2ccc(C(F)(F)F)nc2)cs1. The number of carbonyl (C=O) groups excluding carboxylic acids is 1. The molecule has 0 radical (unpaired) electrons. The number of carbonyl (C=O) groups is 1. The third kappa shape index (κ3) is 3.99. The molecule has 0 unspecified atom stereocenters. The average Bonchev–Trinajstić information content (AvgIpc) is 2.87. The van der Waals surface area contributed by atoms with Crippen molar-refractivity contribution in [3.05, 3.63) is 40.1 Å². The number of anilines is 1. The van der Waals surface area contributed by atoms with Crippen LogP contribution in [0.25, 0.3) is 0 Å².